The zero-order valence-electron chi connectivity index (χ0n) is 6.94. The van der Waals surface area contributed by atoms with Crippen molar-refractivity contribution < 1.29 is 13.2 Å². The van der Waals surface area contributed by atoms with Crippen LogP contribution in [0, 0.1) is 5.92 Å². The van der Waals surface area contributed by atoms with Crippen LogP contribution in [0.1, 0.15) is 13.8 Å². The number of allylic oxidation sites excluding steroid dienone is 1. The molecule has 1 heterocycles. The van der Waals surface area contributed by atoms with Crippen LogP contribution in [0.5, 0.6) is 0 Å². The lowest BCUT2D eigenvalue weighted by Gasteiger charge is -2.03. The van der Waals surface area contributed by atoms with E-state index in [4.69, 9.17) is 0 Å². The van der Waals surface area contributed by atoms with Gasteiger partial charge in [-0.25, -0.2) is 0 Å². The van der Waals surface area contributed by atoms with Crippen molar-refractivity contribution >= 4 is 5.71 Å². The van der Waals surface area contributed by atoms with Crippen LogP contribution in [-0.4, -0.2) is 18.4 Å². The number of hydrogen-bond donors (Lipinski definition) is 0. The van der Waals surface area contributed by atoms with E-state index < -0.39 is 11.9 Å². The van der Waals surface area contributed by atoms with Gasteiger partial charge in [0, 0.05) is 0 Å². The lowest BCUT2D eigenvalue weighted by molar-refractivity contribution is -0.0576. The van der Waals surface area contributed by atoms with Gasteiger partial charge < -0.3 is 0 Å². The van der Waals surface area contributed by atoms with E-state index in [1.54, 1.807) is 0 Å². The monoisotopic (exact) mass is 177 g/mol. The molecule has 1 aliphatic rings. The smallest absolute Gasteiger partial charge is 0.276 e. The van der Waals surface area contributed by atoms with E-state index in [0.29, 0.717) is 0 Å². The SMILES string of the molecule is CC(C)C1=CC(C(F)(F)F)=NC1. The average Bonchev–Trinajstić information content (AvgIpc) is 2.30. The fourth-order valence-electron chi connectivity index (χ4n) is 0.964. The number of aliphatic imine (C=N–C) groups is 1. The van der Waals surface area contributed by atoms with E-state index in [-0.39, 0.29) is 12.5 Å². The summed E-state index contributed by atoms with van der Waals surface area (Å²) in [7, 11) is 0. The summed E-state index contributed by atoms with van der Waals surface area (Å²) >= 11 is 0. The van der Waals surface area contributed by atoms with E-state index in [2.05, 4.69) is 4.99 Å². The summed E-state index contributed by atoms with van der Waals surface area (Å²) in [6, 6.07) is 0. The Balaban J connectivity index is 2.75. The molecular weight excluding hydrogens is 167 g/mol. The minimum atomic E-state index is -4.28. The second kappa shape index (κ2) is 2.92. The van der Waals surface area contributed by atoms with E-state index in [1.807, 2.05) is 13.8 Å². The maximum atomic E-state index is 12.0. The Morgan fingerprint density at radius 1 is 1.42 bits per heavy atom. The Labute approximate surface area is 69.0 Å². The molecule has 0 N–H and O–H groups in total. The first-order chi connectivity index (χ1) is 5.41. The predicted molar refractivity (Wildman–Crippen MR) is 41.3 cm³/mol. The van der Waals surface area contributed by atoms with Crippen molar-refractivity contribution in [1.82, 2.24) is 0 Å². The summed E-state index contributed by atoms with van der Waals surface area (Å²) in [5.74, 6) is 0.147. The van der Waals surface area contributed by atoms with Gasteiger partial charge in [0.25, 0.3) is 0 Å². The molecule has 0 amide bonds. The minimum Gasteiger partial charge on any atom is -0.276 e. The second-order valence-corrected chi connectivity index (χ2v) is 3.07. The van der Waals surface area contributed by atoms with Gasteiger partial charge in [0.1, 0.15) is 5.71 Å². The first kappa shape index (κ1) is 9.29. The summed E-state index contributed by atoms with van der Waals surface area (Å²) in [6.07, 6.45) is -3.14. The lowest BCUT2D eigenvalue weighted by atomic mass is 10.0. The third kappa shape index (κ3) is 1.87. The second-order valence-electron chi connectivity index (χ2n) is 3.07. The molecule has 0 aromatic rings. The highest BCUT2D eigenvalue weighted by Crippen LogP contribution is 2.25. The molecule has 1 aliphatic heterocycles. The fraction of sp³-hybridized carbons (Fsp3) is 0.625. The van der Waals surface area contributed by atoms with Gasteiger partial charge in [-0.1, -0.05) is 13.8 Å². The van der Waals surface area contributed by atoms with E-state index in [0.717, 1.165) is 11.6 Å². The molecule has 1 rings (SSSR count). The topological polar surface area (TPSA) is 12.4 Å². The Hall–Kier alpha value is -0.800. The summed E-state index contributed by atoms with van der Waals surface area (Å²) in [6.45, 7) is 3.92. The van der Waals surface area contributed by atoms with Crippen molar-refractivity contribution in [3.05, 3.63) is 11.6 Å². The third-order valence-electron chi connectivity index (χ3n) is 1.79. The Kier molecular flexibility index (Phi) is 2.26. The van der Waals surface area contributed by atoms with E-state index in [9.17, 15) is 13.2 Å². The van der Waals surface area contributed by atoms with Crippen molar-refractivity contribution in [2.45, 2.75) is 20.0 Å². The largest absolute Gasteiger partial charge is 0.432 e. The number of nitrogens with zero attached hydrogens (tertiary/aromatic N) is 1. The summed E-state index contributed by atoms with van der Waals surface area (Å²) in [5, 5.41) is 0. The molecule has 12 heavy (non-hydrogen) atoms. The molecule has 0 bridgehead atoms. The molecule has 0 saturated heterocycles. The molecule has 0 aliphatic carbocycles. The zero-order chi connectivity index (χ0) is 9.35. The van der Waals surface area contributed by atoms with Gasteiger partial charge in [0.2, 0.25) is 0 Å². The van der Waals surface area contributed by atoms with Crippen molar-refractivity contribution in [3.8, 4) is 0 Å². The van der Waals surface area contributed by atoms with Crippen LogP contribution in [0.15, 0.2) is 16.6 Å². The molecule has 0 saturated carbocycles. The lowest BCUT2D eigenvalue weighted by Crippen LogP contribution is -2.19. The van der Waals surface area contributed by atoms with Gasteiger partial charge in [-0.3, -0.25) is 4.99 Å². The van der Waals surface area contributed by atoms with Crippen LogP contribution >= 0.6 is 0 Å². The molecule has 68 valence electrons. The molecule has 1 nitrogen and oxygen atoms in total. The van der Waals surface area contributed by atoms with Gasteiger partial charge in [-0.05, 0) is 17.6 Å². The highest BCUT2D eigenvalue weighted by atomic mass is 19.4. The number of alkyl halides is 3. The first-order valence-electron chi connectivity index (χ1n) is 3.73. The van der Waals surface area contributed by atoms with Crippen molar-refractivity contribution in [2.24, 2.45) is 10.9 Å². The normalized spacial score (nSPS) is 18.2. The Morgan fingerprint density at radius 3 is 2.25 bits per heavy atom. The zero-order valence-corrected chi connectivity index (χ0v) is 6.94. The highest BCUT2D eigenvalue weighted by Gasteiger charge is 2.36. The predicted octanol–water partition coefficient (Wildman–Crippen LogP) is 2.59. The van der Waals surface area contributed by atoms with Crippen LogP contribution in [0.3, 0.4) is 0 Å². The van der Waals surface area contributed by atoms with Gasteiger partial charge in [-0.15, -0.1) is 0 Å². The molecule has 0 spiro atoms. The first-order valence-corrected chi connectivity index (χ1v) is 3.73. The van der Waals surface area contributed by atoms with Gasteiger partial charge in [0.05, 0.1) is 6.54 Å². The van der Waals surface area contributed by atoms with Gasteiger partial charge >= 0.3 is 6.18 Å². The standard InChI is InChI=1S/C8H10F3N/c1-5(2)6-3-7(12-4-6)8(9,10)11/h3,5H,4H2,1-2H3. The van der Waals surface area contributed by atoms with Crippen LogP contribution in [0.4, 0.5) is 13.2 Å². The summed E-state index contributed by atoms with van der Waals surface area (Å²) in [5.41, 5.74) is 0.00789. The van der Waals surface area contributed by atoms with E-state index in [1.165, 1.54) is 0 Å². The summed E-state index contributed by atoms with van der Waals surface area (Å²) < 4.78 is 36.1. The third-order valence-corrected chi connectivity index (χ3v) is 1.79. The molecule has 0 fully saturated rings. The number of rotatable bonds is 1. The number of halogens is 3. The minimum absolute atomic E-state index is 0.147. The van der Waals surface area contributed by atoms with E-state index >= 15 is 0 Å². The van der Waals surface area contributed by atoms with Crippen LogP contribution < -0.4 is 0 Å². The van der Waals surface area contributed by atoms with Crippen LogP contribution in [0.25, 0.3) is 0 Å². The molecule has 0 atom stereocenters. The Morgan fingerprint density at radius 2 is 2.00 bits per heavy atom. The molecule has 0 radical (unpaired) electrons. The number of hydrogen-bond acceptors (Lipinski definition) is 1. The fourth-order valence-corrected chi connectivity index (χ4v) is 0.964. The molecular formula is C8H10F3N. The average molecular weight is 177 g/mol. The maximum Gasteiger partial charge on any atom is 0.432 e. The van der Waals surface area contributed by atoms with Crippen LogP contribution in [-0.2, 0) is 0 Å². The molecule has 0 aromatic heterocycles. The van der Waals surface area contributed by atoms with Crippen LogP contribution in [0.2, 0.25) is 0 Å². The van der Waals surface area contributed by atoms with Crippen molar-refractivity contribution in [2.75, 3.05) is 6.54 Å². The molecule has 4 heteroatoms. The Bertz CT molecular complexity index is 235. The maximum absolute atomic E-state index is 12.0. The molecule has 0 aromatic carbocycles. The summed E-state index contributed by atoms with van der Waals surface area (Å²) in [4.78, 5) is 3.41. The quantitative estimate of drug-likeness (QED) is 0.583. The van der Waals surface area contributed by atoms with Crippen molar-refractivity contribution in [1.29, 1.82) is 0 Å². The van der Waals surface area contributed by atoms with Gasteiger partial charge in [0.15, 0.2) is 0 Å². The molecule has 0 unspecified atom stereocenters. The van der Waals surface area contributed by atoms with Gasteiger partial charge in [-0.2, -0.15) is 13.2 Å². The highest BCUT2D eigenvalue weighted by molar-refractivity contribution is 6.01. The van der Waals surface area contributed by atoms with Crippen molar-refractivity contribution in [3.63, 3.8) is 0 Å².